The Hall–Kier alpha value is -5.34. The Kier molecular flexibility index (Phi) is 11.5. The summed E-state index contributed by atoms with van der Waals surface area (Å²) in [6.45, 7) is 9.13. The quantitative estimate of drug-likeness (QED) is 0.101. The van der Waals surface area contributed by atoms with Crippen molar-refractivity contribution in [3.05, 3.63) is 141 Å². The van der Waals surface area contributed by atoms with E-state index in [1.165, 1.54) is 68.6 Å². The highest BCUT2D eigenvalue weighted by Crippen LogP contribution is 2.52. The Balaban J connectivity index is 0.811. The number of nitrogens with zero attached hydrogens (tertiary/aromatic N) is 4. The second-order valence-electron chi connectivity index (χ2n) is 18.2. The number of carbonyl (C=O) groups excluding carboxylic acids is 2. The van der Waals surface area contributed by atoms with E-state index in [-0.39, 0.29) is 11.6 Å². The molecule has 0 aliphatic heterocycles. The zero-order chi connectivity index (χ0) is 46.2. The van der Waals surface area contributed by atoms with Crippen molar-refractivity contribution < 1.29 is 9.59 Å². The van der Waals surface area contributed by atoms with E-state index >= 15 is 0 Å². The van der Waals surface area contributed by atoms with Crippen molar-refractivity contribution in [3.8, 4) is 62.6 Å². The van der Waals surface area contributed by atoms with Gasteiger partial charge in [0.15, 0.2) is 0 Å². The van der Waals surface area contributed by atoms with E-state index in [0.29, 0.717) is 11.8 Å². The molecule has 0 radical (unpaired) electrons. The first-order valence-corrected chi connectivity index (χ1v) is 28.3. The Labute approximate surface area is 420 Å². The molecule has 12 heteroatoms. The van der Waals surface area contributed by atoms with Crippen molar-refractivity contribution in [2.75, 3.05) is 0 Å². The molecule has 0 saturated carbocycles. The lowest BCUT2D eigenvalue weighted by Gasteiger charge is -2.38. The number of rotatable bonds is 14. The molecule has 0 fully saturated rings. The van der Waals surface area contributed by atoms with Gasteiger partial charge in [-0.15, -0.1) is 45.3 Å². The number of thiophene rings is 4. The molecular formula is C56H46N4O2S6. The third-order valence-electron chi connectivity index (χ3n) is 14.5. The van der Waals surface area contributed by atoms with Gasteiger partial charge < -0.3 is 0 Å². The smallest absolute Gasteiger partial charge is 0.211 e. The number of ketones is 2. The van der Waals surface area contributed by atoms with Crippen LogP contribution in [0.3, 0.4) is 0 Å². The van der Waals surface area contributed by atoms with Crippen LogP contribution < -0.4 is 0 Å². The Bertz CT molecular complexity index is 3340. The van der Waals surface area contributed by atoms with Gasteiger partial charge in [0.1, 0.15) is 22.1 Å². The summed E-state index contributed by atoms with van der Waals surface area (Å²) < 4.78 is 19.2. The minimum absolute atomic E-state index is 0.314. The normalized spacial score (nSPS) is 15.4. The zero-order valence-electron chi connectivity index (χ0n) is 38.0. The van der Waals surface area contributed by atoms with E-state index in [0.717, 1.165) is 110 Å². The molecule has 0 saturated heterocycles. The molecule has 3 aliphatic rings. The highest BCUT2D eigenvalue weighted by Gasteiger charge is 2.49. The summed E-state index contributed by atoms with van der Waals surface area (Å²) in [5.74, 6) is -0.440. The lowest BCUT2D eigenvalue weighted by Crippen LogP contribution is -2.40. The number of carbonyl (C=O) groups is 2. The van der Waals surface area contributed by atoms with Crippen LogP contribution in [0.25, 0.3) is 84.7 Å². The van der Waals surface area contributed by atoms with E-state index < -0.39 is 11.8 Å². The van der Waals surface area contributed by atoms with Crippen LogP contribution in [0.2, 0.25) is 0 Å². The first-order chi connectivity index (χ1) is 33.3. The fraction of sp³-hybridized carbons (Fsp3) is 0.250. The van der Waals surface area contributed by atoms with Crippen molar-refractivity contribution in [3.63, 3.8) is 0 Å². The van der Waals surface area contributed by atoms with Crippen molar-refractivity contribution in [1.82, 2.24) is 17.5 Å². The van der Waals surface area contributed by atoms with E-state index in [4.69, 9.17) is 17.5 Å². The second-order valence-corrected chi connectivity index (χ2v) is 23.7. The Morgan fingerprint density at radius 1 is 0.397 bits per heavy atom. The number of aromatic nitrogens is 4. The van der Waals surface area contributed by atoms with E-state index in [1.54, 1.807) is 22.7 Å². The Morgan fingerprint density at radius 2 is 0.735 bits per heavy atom. The van der Waals surface area contributed by atoms with Gasteiger partial charge in [-0.3, -0.25) is 9.59 Å². The van der Waals surface area contributed by atoms with Crippen LogP contribution in [0.1, 0.15) is 97.2 Å². The van der Waals surface area contributed by atoms with Gasteiger partial charge in [0, 0.05) is 61.3 Å². The van der Waals surface area contributed by atoms with E-state index in [2.05, 4.69) is 137 Å². The van der Waals surface area contributed by atoms with Gasteiger partial charge in [0.05, 0.1) is 35.3 Å². The maximum atomic E-state index is 13.9. The standard InChI is InChI=1S/C56H46N4O2S6/c1-5-29(6-2)25-33-11-19-45(63-33)37-15-17-39(53-51(37)57-67-59-53)47-23-21-43(65-47)31-9-13-35-41(27-31)49-36-14-10-32(28-42(36)50(35)56(62)55(49)61)44-22-24-48(66-44)40-18-16-38(52-54(40)60-68-58-52)46-20-12-34(64-46)26-30(7-3)8-4/h9-24,27-30,49-50H,5-8,25-26H2,1-4H3. The number of hydrogen-bond acceptors (Lipinski definition) is 12. The summed E-state index contributed by atoms with van der Waals surface area (Å²) in [5, 5.41) is 0. The first-order valence-electron chi connectivity index (χ1n) is 23.6. The van der Waals surface area contributed by atoms with Gasteiger partial charge in [-0.2, -0.15) is 17.5 Å². The molecule has 6 aromatic heterocycles. The molecule has 2 atom stereocenters. The number of hydrogen-bond donors (Lipinski definition) is 0. The zero-order valence-corrected chi connectivity index (χ0v) is 42.9. The summed E-state index contributed by atoms with van der Waals surface area (Å²) in [7, 11) is 0. The van der Waals surface area contributed by atoms with Crippen LogP contribution in [0.4, 0.5) is 0 Å². The van der Waals surface area contributed by atoms with Crippen molar-refractivity contribution in [1.29, 1.82) is 0 Å². The monoisotopic (exact) mass is 998 g/mol. The predicted molar refractivity (Wildman–Crippen MR) is 288 cm³/mol. The topological polar surface area (TPSA) is 85.7 Å². The molecule has 0 spiro atoms. The highest BCUT2D eigenvalue weighted by atomic mass is 32.1. The Morgan fingerprint density at radius 3 is 1.10 bits per heavy atom. The van der Waals surface area contributed by atoms with E-state index in [9.17, 15) is 9.59 Å². The maximum Gasteiger partial charge on any atom is 0.211 e. The molecule has 2 unspecified atom stereocenters. The molecule has 13 rings (SSSR count). The molecule has 3 aliphatic carbocycles. The lowest BCUT2D eigenvalue weighted by atomic mass is 9.62. The van der Waals surface area contributed by atoms with Crippen LogP contribution in [-0.4, -0.2) is 29.1 Å². The fourth-order valence-electron chi connectivity index (χ4n) is 10.5. The molecule has 68 heavy (non-hydrogen) atoms. The molecule has 6 heterocycles. The van der Waals surface area contributed by atoms with Gasteiger partial charge in [0.2, 0.25) is 11.6 Å². The SMILES string of the molecule is CCC(CC)Cc1ccc(-c2ccc(-c3ccc(-c4ccc5c(c4)C4C(=O)C(=O)C5c5cc(-c6ccc(-c7ccc(-c8ccc(CC(CC)CC)s8)c8nsnc78)s6)ccc54)s3)c3nsnc23)s1. The molecule has 4 aromatic carbocycles. The largest absolute Gasteiger partial charge is 0.290 e. The summed E-state index contributed by atoms with van der Waals surface area (Å²) in [6.07, 6.45) is 7.02. The lowest BCUT2D eigenvalue weighted by molar-refractivity contribution is -0.138. The predicted octanol–water partition coefficient (Wildman–Crippen LogP) is 16.6. The number of Topliss-reactive ketones (excluding diaryl/α,β-unsaturated/α-hetero) is 2. The highest BCUT2D eigenvalue weighted by molar-refractivity contribution is 7.19. The molecule has 0 N–H and O–H groups in total. The van der Waals surface area contributed by atoms with Gasteiger partial charge in [-0.05, 0) is 119 Å². The summed E-state index contributed by atoms with van der Waals surface area (Å²) in [5.41, 5.74) is 14.0. The van der Waals surface area contributed by atoms with Crippen LogP contribution in [0.15, 0.2) is 109 Å². The summed E-state index contributed by atoms with van der Waals surface area (Å²) in [6, 6.07) is 39.2. The van der Waals surface area contributed by atoms with Crippen molar-refractivity contribution >= 4 is 102 Å². The average molecular weight is 999 g/mol. The number of benzene rings is 4. The van der Waals surface area contributed by atoms with E-state index in [1.807, 2.05) is 22.7 Å². The molecule has 10 aromatic rings. The van der Waals surface area contributed by atoms with Crippen LogP contribution in [0.5, 0.6) is 0 Å². The van der Waals surface area contributed by atoms with Crippen LogP contribution in [0, 0.1) is 11.8 Å². The average Bonchev–Trinajstić information content (AvgIpc) is 4.24. The molecule has 0 amide bonds. The minimum Gasteiger partial charge on any atom is -0.290 e. The van der Waals surface area contributed by atoms with Gasteiger partial charge >= 0.3 is 0 Å². The van der Waals surface area contributed by atoms with Gasteiger partial charge in [0.25, 0.3) is 0 Å². The molecule has 338 valence electrons. The summed E-state index contributed by atoms with van der Waals surface area (Å²) >= 11 is 9.71. The third-order valence-corrected chi connectivity index (χ3v) is 20.1. The van der Waals surface area contributed by atoms with Gasteiger partial charge in [-0.1, -0.05) is 102 Å². The second kappa shape index (κ2) is 17.9. The first kappa shape index (κ1) is 43.9. The molecule has 2 bridgehead atoms. The summed E-state index contributed by atoms with van der Waals surface area (Å²) in [4.78, 5) is 37.5. The van der Waals surface area contributed by atoms with Crippen molar-refractivity contribution in [2.24, 2.45) is 11.8 Å². The number of fused-ring (bicyclic) bond motifs is 3. The molecular weight excluding hydrogens is 953 g/mol. The maximum absolute atomic E-state index is 13.9. The van der Waals surface area contributed by atoms with Crippen LogP contribution >= 0.6 is 68.8 Å². The van der Waals surface area contributed by atoms with Crippen molar-refractivity contribution in [2.45, 2.75) is 78.1 Å². The van der Waals surface area contributed by atoms with Crippen LogP contribution in [-0.2, 0) is 22.4 Å². The third kappa shape index (κ3) is 7.41. The molecule has 6 nitrogen and oxygen atoms in total. The minimum atomic E-state index is -0.617. The van der Waals surface area contributed by atoms with Gasteiger partial charge in [-0.25, -0.2) is 0 Å². The fourth-order valence-corrected chi connectivity index (χ4v) is 16.0.